The Labute approximate surface area is 131 Å². The van der Waals surface area contributed by atoms with Gasteiger partial charge in [0.15, 0.2) is 0 Å². The maximum atomic E-state index is 12.6. The van der Waals surface area contributed by atoms with Gasteiger partial charge < -0.3 is 4.57 Å². The molecule has 3 aromatic rings. The maximum absolute atomic E-state index is 12.6. The largest absolute Gasteiger partial charge is 0.308 e. The van der Waals surface area contributed by atoms with E-state index in [-0.39, 0.29) is 5.56 Å². The van der Waals surface area contributed by atoms with Crippen LogP contribution in [-0.2, 0) is 6.54 Å². The highest BCUT2D eigenvalue weighted by molar-refractivity contribution is 14.1. The van der Waals surface area contributed by atoms with E-state index in [2.05, 4.69) is 40.8 Å². The Bertz CT molecular complexity index is 822. The summed E-state index contributed by atoms with van der Waals surface area (Å²) in [5.41, 5.74) is 3.22. The third-order valence-electron chi connectivity index (χ3n) is 3.50. The molecule has 2 aromatic carbocycles. The molecule has 0 unspecified atom stereocenters. The normalized spacial score (nSPS) is 10.9. The molecule has 0 aliphatic heterocycles. The lowest BCUT2D eigenvalue weighted by atomic mass is 10.0. The van der Waals surface area contributed by atoms with Gasteiger partial charge in [-0.15, -0.1) is 0 Å². The van der Waals surface area contributed by atoms with Crippen LogP contribution in [0.25, 0.3) is 22.0 Å². The highest BCUT2D eigenvalue weighted by Crippen LogP contribution is 2.30. The van der Waals surface area contributed by atoms with Crippen LogP contribution < -0.4 is 5.56 Å². The fourth-order valence-corrected chi connectivity index (χ4v) is 3.47. The number of para-hydroxylation sites is 1. The van der Waals surface area contributed by atoms with Gasteiger partial charge in [-0.1, -0.05) is 48.5 Å². The van der Waals surface area contributed by atoms with Gasteiger partial charge in [0.25, 0.3) is 5.56 Å². The summed E-state index contributed by atoms with van der Waals surface area (Å²) in [6, 6.07) is 18.2. The van der Waals surface area contributed by atoms with Gasteiger partial charge in [-0.3, -0.25) is 4.79 Å². The summed E-state index contributed by atoms with van der Waals surface area (Å²) in [5.74, 6) is 0. The summed E-state index contributed by atoms with van der Waals surface area (Å²) in [6.07, 6.45) is 0. The van der Waals surface area contributed by atoms with Gasteiger partial charge in [0, 0.05) is 17.5 Å². The minimum atomic E-state index is 0.0886. The number of aromatic nitrogens is 1. The zero-order valence-electron chi connectivity index (χ0n) is 11.1. The molecule has 0 amide bonds. The Balaban J connectivity index is 2.50. The molecule has 0 radical (unpaired) electrons. The number of halogens is 1. The lowest BCUT2D eigenvalue weighted by molar-refractivity contribution is 0.756. The van der Waals surface area contributed by atoms with E-state index in [4.69, 9.17) is 0 Å². The van der Waals surface area contributed by atoms with E-state index >= 15 is 0 Å². The number of rotatable bonds is 2. The van der Waals surface area contributed by atoms with Gasteiger partial charge in [0.2, 0.25) is 0 Å². The summed E-state index contributed by atoms with van der Waals surface area (Å²) in [4.78, 5) is 12.6. The molecule has 100 valence electrons. The third-order valence-corrected chi connectivity index (χ3v) is 4.50. The van der Waals surface area contributed by atoms with Crippen LogP contribution in [0.15, 0.2) is 59.4 Å². The summed E-state index contributed by atoms with van der Waals surface area (Å²) in [6.45, 7) is 2.69. The molecule has 3 rings (SSSR count). The minimum Gasteiger partial charge on any atom is -0.308 e. The average Bonchev–Trinajstić information content (AvgIpc) is 2.50. The molecule has 20 heavy (non-hydrogen) atoms. The van der Waals surface area contributed by atoms with Crippen molar-refractivity contribution in [2.24, 2.45) is 0 Å². The van der Waals surface area contributed by atoms with Gasteiger partial charge in [0.05, 0.1) is 9.09 Å². The molecule has 0 N–H and O–H groups in total. The average molecular weight is 375 g/mol. The fourth-order valence-electron chi connectivity index (χ4n) is 2.57. The van der Waals surface area contributed by atoms with Crippen molar-refractivity contribution in [1.29, 1.82) is 0 Å². The van der Waals surface area contributed by atoms with Crippen molar-refractivity contribution in [3.63, 3.8) is 0 Å². The highest BCUT2D eigenvalue weighted by Gasteiger charge is 2.14. The first-order chi connectivity index (χ1) is 9.74. The summed E-state index contributed by atoms with van der Waals surface area (Å²) >= 11 is 2.17. The molecule has 0 saturated heterocycles. The molecular weight excluding hydrogens is 361 g/mol. The van der Waals surface area contributed by atoms with E-state index in [9.17, 15) is 4.79 Å². The molecule has 1 heterocycles. The number of benzene rings is 2. The number of fused-ring (bicyclic) bond motifs is 1. The van der Waals surface area contributed by atoms with Crippen LogP contribution in [0.5, 0.6) is 0 Å². The van der Waals surface area contributed by atoms with Gasteiger partial charge in [-0.05, 0) is 41.1 Å². The highest BCUT2D eigenvalue weighted by atomic mass is 127. The van der Waals surface area contributed by atoms with Crippen molar-refractivity contribution in [3.8, 4) is 11.1 Å². The first kappa shape index (κ1) is 13.4. The quantitative estimate of drug-likeness (QED) is 0.613. The van der Waals surface area contributed by atoms with E-state index in [1.54, 1.807) is 0 Å². The van der Waals surface area contributed by atoms with Crippen molar-refractivity contribution in [2.45, 2.75) is 13.5 Å². The molecule has 0 atom stereocenters. The van der Waals surface area contributed by atoms with Crippen molar-refractivity contribution < 1.29 is 0 Å². The maximum Gasteiger partial charge on any atom is 0.265 e. The smallest absolute Gasteiger partial charge is 0.265 e. The molecule has 3 heteroatoms. The Morgan fingerprint density at radius 3 is 2.35 bits per heavy atom. The van der Waals surface area contributed by atoms with E-state index in [0.29, 0.717) is 6.54 Å². The standard InChI is InChI=1S/C17H14INO/c1-2-19-14-11-7-6-10-13(14)15(16(18)17(19)20)12-8-4-3-5-9-12/h3-11H,2H2,1H3. The van der Waals surface area contributed by atoms with Gasteiger partial charge in [-0.25, -0.2) is 0 Å². The van der Waals surface area contributed by atoms with E-state index in [1.807, 2.05) is 47.9 Å². The minimum absolute atomic E-state index is 0.0886. The topological polar surface area (TPSA) is 22.0 Å². The van der Waals surface area contributed by atoms with Crippen LogP contribution in [0, 0.1) is 3.57 Å². The van der Waals surface area contributed by atoms with Crippen molar-refractivity contribution in [2.75, 3.05) is 0 Å². The zero-order valence-corrected chi connectivity index (χ0v) is 13.3. The third kappa shape index (κ3) is 2.06. The van der Waals surface area contributed by atoms with E-state index < -0.39 is 0 Å². The molecular formula is C17H14INO. The molecule has 1 aromatic heterocycles. The molecule has 0 aliphatic rings. The lowest BCUT2D eigenvalue weighted by Crippen LogP contribution is -2.23. The first-order valence-corrected chi connectivity index (χ1v) is 7.68. The van der Waals surface area contributed by atoms with Crippen molar-refractivity contribution in [3.05, 3.63) is 68.5 Å². The predicted molar refractivity (Wildman–Crippen MR) is 92.0 cm³/mol. The molecule has 2 nitrogen and oxygen atoms in total. The molecule has 0 aliphatic carbocycles. The second kappa shape index (κ2) is 5.40. The van der Waals surface area contributed by atoms with Gasteiger partial charge in [-0.2, -0.15) is 0 Å². The first-order valence-electron chi connectivity index (χ1n) is 6.60. The Hall–Kier alpha value is -1.62. The van der Waals surface area contributed by atoms with Gasteiger partial charge >= 0.3 is 0 Å². The number of nitrogens with zero attached hydrogens (tertiary/aromatic N) is 1. The zero-order chi connectivity index (χ0) is 14.1. The van der Waals surface area contributed by atoms with E-state index in [0.717, 1.165) is 25.6 Å². The van der Waals surface area contributed by atoms with Crippen molar-refractivity contribution in [1.82, 2.24) is 4.57 Å². The van der Waals surface area contributed by atoms with Gasteiger partial charge in [0.1, 0.15) is 0 Å². The van der Waals surface area contributed by atoms with Crippen LogP contribution in [0.2, 0.25) is 0 Å². The summed E-state index contributed by atoms with van der Waals surface area (Å²) < 4.78 is 2.62. The van der Waals surface area contributed by atoms with Crippen LogP contribution in [0.3, 0.4) is 0 Å². The van der Waals surface area contributed by atoms with Crippen molar-refractivity contribution >= 4 is 33.5 Å². The number of hydrogen-bond acceptors (Lipinski definition) is 1. The number of pyridine rings is 1. The predicted octanol–water partition coefficient (Wildman–Crippen LogP) is 4.29. The van der Waals surface area contributed by atoms with Crippen LogP contribution in [0.1, 0.15) is 6.92 Å². The Kier molecular flexibility index (Phi) is 3.61. The SMILES string of the molecule is CCn1c(=O)c(I)c(-c2ccccc2)c2ccccc21. The van der Waals surface area contributed by atoms with Crippen LogP contribution in [0.4, 0.5) is 0 Å². The molecule has 0 fully saturated rings. The lowest BCUT2D eigenvalue weighted by Gasteiger charge is -2.14. The summed E-state index contributed by atoms with van der Waals surface area (Å²) in [7, 11) is 0. The Morgan fingerprint density at radius 2 is 1.65 bits per heavy atom. The molecule has 0 spiro atoms. The second-order valence-electron chi connectivity index (χ2n) is 4.62. The molecule has 0 bridgehead atoms. The Morgan fingerprint density at radius 1 is 1.00 bits per heavy atom. The van der Waals surface area contributed by atoms with Crippen LogP contribution in [-0.4, -0.2) is 4.57 Å². The second-order valence-corrected chi connectivity index (χ2v) is 5.70. The number of hydrogen-bond donors (Lipinski definition) is 0. The van der Waals surface area contributed by atoms with Crippen LogP contribution >= 0.6 is 22.6 Å². The summed E-state index contributed by atoms with van der Waals surface area (Å²) in [5, 5.41) is 1.13. The number of aryl methyl sites for hydroxylation is 1. The van der Waals surface area contributed by atoms with E-state index in [1.165, 1.54) is 0 Å². The fraction of sp³-hybridized carbons (Fsp3) is 0.118. The molecule has 0 saturated carbocycles. The monoisotopic (exact) mass is 375 g/mol.